The summed E-state index contributed by atoms with van der Waals surface area (Å²) in [4.78, 5) is 11.4. The molecule has 3 fully saturated rings. The average Bonchev–Trinajstić information content (AvgIpc) is 2.14. The second kappa shape index (κ2) is 3.29. The highest BCUT2D eigenvalue weighted by Gasteiger charge is 2.44. The summed E-state index contributed by atoms with van der Waals surface area (Å²) >= 11 is 0. The van der Waals surface area contributed by atoms with Crippen molar-refractivity contribution in [2.24, 2.45) is 17.8 Å². The predicted molar refractivity (Wildman–Crippen MR) is 51.2 cm³/mol. The van der Waals surface area contributed by atoms with Crippen LogP contribution in [0.2, 0.25) is 0 Å². The molecule has 0 radical (unpaired) electrons. The molecule has 3 rings (SSSR count). The normalized spacial score (nSPS) is 37.0. The van der Waals surface area contributed by atoms with Crippen molar-refractivity contribution in [1.29, 1.82) is 0 Å². The zero-order valence-corrected chi connectivity index (χ0v) is 8.34. The third-order valence-corrected chi connectivity index (χ3v) is 3.27. The second-order valence-corrected chi connectivity index (χ2v) is 4.60. The number of hydrogen-bond acceptors (Lipinski definition) is 2. The lowest BCUT2D eigenvalue weighted by atomic mass is 9.67. The van der Waals surface area contributed by atoms with Crippen LogP contribution in [0.3, 0.4) is 0 Å². The minimum Gasteiger partial charge on any atom is -0.352 e. The molecule has 0 aromatic carbocycles. The Balaban J connectivity index is 1.86. The molecule has 2 heterocycles. The van der Waals surface area contributed by atoms with E-state index in [9.17, 15) is 4.79 Å². The minimum atomic E-state index is 0.120. The first-order valence-corrected chi connectivity index (χ1v) is 5.19. The average molecular weight is 182 g/mol. The van der Waals surface area contributed by atoms with E-state index in [0.29, 0.717) is 17.9 Å². The number of nitrogens with one attached hydrogen (secondary N) is 2. The van der Waals surface area contributed by atoms with E-state index in [2.05, 4.69) is 10.6 Å². The van der Waals surface area contributed by atoms with Gasteiger partial charge in [-0.15, -0.1) is 0 Å². The molecule has 1 aliphatic carbocycles. The second-order valence-electron chi connectivity index (χ2n) is 4.60. The van der Waals surface area contributed by atoms with Crippen molar-refractivity contribution in [3.63, 3.8) is 0 Å². The van der Waals surface area contributed by atoms with E-state index in [4.69, 9.17) is 0 Å². The maximum atomic E-state index is 11.4. The first-order valence-electron chi connectivity index (χ1n) is 5.19. The van der Waals surface area contributed by atoms with Gasteiger partial charge in [-0.3, -0.25) is 4.79 Å². The van der Waals surface area contributed by atoms with Crippen LogP contribution in [0.1, 0.15) is 20.3 Å². The molecule has 2 unspecified atom stereocenters. The van der Waals surface area contributed by atoms with Gasteiger partial charge in [-0.1, -0.05) is 13.8 Å². The third-order valence-electron chi connectivity index (χ3n) is 3.27. The van der Waals surface area contributed by atoms with Crippen LogP contribution in [0.4, 0.5) is 0 Å². The molecular formula is C10H18N2O. The summed E-state index contributed by atoms with van der Waals surface area (Å²) < 4.78 is 0. The summed E-state index contributed by atoms with van der Waals surface area (Å²) in [5, 5.41) is 6.50. The highest BCUT2D eigenvalue weighted by atomic mass is 16.1. The number of carbonyl (C=O) groups excluding carboxylic acids is 1. The van der Waals surface area contributed by atoms with Crippen LogP contribution >= 0.6 is 0 Å². The van der Waals surface area contributed by atoms with Gasteiger partial charge in [-0.05, 0) is 31.3 Å². The van der Waals surface area contributed by atoms with Crippen molar-refractivity contribution in [2.45, 2.75) is 26.3 Å². The molecule has 2 aliphatic heterocycles. The molecule has 2 N–H and O–H groups in total. The zero-order valence-electron chi connectivity index (χ0n) is 8.34. The van der Waals surface area contributed by atoms with Gasteiger partial charge >= 0.3 is 0 Å². The lowest BCUT2D eigenvalue weighted by Gasteiger charge is -2.50. The summed E-state index contributed by atoms with van der Waals surface area (Å²) in [5.74, 6) is 1.72. The van der Waals surface area contributed by atoms with Gasteiger partial charge in [0.15, 0.2) is 0 Å². The monoisotopic (exact) mass is 182 g/mol. The van der Waals surface area contributed by atoms with Crippen LogP contribution in [0.25, 0.3) is 0 Å². The molecule has 3 aliphatic rings. The molecular weight excluding hydrogens is 164 g/mol. The van der Waals surface area contributed by atoms with Crippen molar-refractivity contribution >= 4 is 5.91 Å². The van der Waals surface area contributed by atoms with Crippen LogP contribution in [-0.2, 0) is 4.79 Å². The SMILES string of the molecule is CC(C)C(=O)NC1C2CNCC1C2. The molecule has 0 aromatic rings. The standard InChI is InChI=1S/C10H18N2O/c1-6(2)10(13)12-9-7-3-8(9)5-11-4-7/h6-9,11H,3-5H2,1-2H3,(H,12,13). The Morgan fingerprint density at radius 3 is 2.46 bits per heavy atom. The summed E-state index contributed by atoms with van der Waals surface area (Å²) in [6.45, 7) is 6.06. The molecule has 13 heavy (non-hydrogen) atoms. The van der Waals surface area contributed by atoms with Crippen LogP contribution in [0, 0.1) is 17.8 Å². The minimum absolute atomic E-state index is 0.120. The summed E-state index contributed by atoms with van der Waals surface area (Å²) in [6, 6.07) is 0.469. The first-order chi connectivity index (χ1) is 6.18. The van der Waals surface area contributed by atoms with Gasteiger partial charge in [0.1, 0.15) is 0 Å². The van der Waals surface area contributed by atoms with Gasteiger partial charge in [0.25, 0.3) is 0 Å². The molecule has 2 saturated heterocycles. The molecule has 74 valence electrons. The quantitative estimate of drug-likeness (QED) is 0.647. The Bertz CT molecular complexity index is 201. The molecule has 2 bridgehead atoms. The Morgan fingerprint density at radius 2 is 2.00 bits per heavy atom. The van der Waals surface area contributed by atoms with Crippen molar-refractivity contribution < 1.29 is 4.79 Å². The highest BCUT2D eigenvalue weighted by molar-refractivity contribution is 5.78. The Morgan fingerprint density at radius 1 is 1.38 bits per heavy atom. The van der Waals surface area contributed by atoms with E-state index in [1.165, 1.54) is 6.42 Å². The number of rotatable bonds is 2. The molecule has 3 heteroatoms. The van der Waals surface area contributed by atoms with Gasteiger partial charge in [0.2, 0.25) is 5.91 Å². The van der Waals surface area contributed by atoms with Gasteiger partial charge in [-0.25, -0.2) is 0 Å². The van der Waals surface area contributed by atoms with Crippen LogP contribution in [0.5, 0.6) is 0 Å². The predicted octanol–water partition coefficient (Wildman–Crippen LogP) is 0.366. The summed E-state index contributed by atoms with van der Waals surface area (Å²) in [7, 11) is 0. The van der Waals surface area contributed by atoms with E-state index < -0.39 is 0 Å². The van der Waals surface area contributed by atoms with E-state index in [0.717, 1.165) is 13.1 Å². The molecule has 3 nitrogen and oxygen atoms in total. The van der Waals surface area contributed by atoms with Crippen molar-refractivity contribution in [2.75, 3.05) is 13.1 Å². The number of piperidine rings is 2. The zero-order chi connectivity index (χ0) is 9.42. The fourth-order valence-corrected chi connectivity index (χ4v) is 2.31. The largest absolute Gasteiger partial charge is 0.352 e. The van der Waals surface area contributed by atoms with E-state index in [-0.39, 0.29) is 11.8 Å². The molecule has 1 amide bonds. The number of amides is 1. The number of carbonyl (C=O) groups is 1. The topological polar surface area (TPSA) is 41.1 Å². The molecule has 2 atom stereocenters. The molecule has 1 saturated carbocycles. The molecule has 0 aromatic heterocycles. The lowest BCUT2D eigenvalue weighted by molar-refractivity contribution is -0.127. The van der Waals surface area contributed by atoms with Crippen LogP contribution in [-0.4, -0.2) is 25.0 Å². The Kier molecular flexibility index (Phi) is 2.28. The summed E-state index contributed by atoms with van der Waals surface area (Å²) in [5.41, 5.74) is 0. The highest BCUT2D eigenvalue weighted by Crippen LogP contribution is 2.36. The van der Waals surface area contributed by atoms with E-state index in [1.54, 1.807) is 0 Å². The Labute approximate surface area is 79.3 Å². The van der Waals surface area contributed by atoms with Crippen LogP contribution < -0.4 is 10.6 Å². The maximum absolute atomic E-state index is 11.4. The van der Waals surface area contributed by atoms with Gasteiger partial charge in [-0.2, -0.15) is 0 Å². The Hall–Kier alpha value is -0.570. The van der Waals surface area contributed by atoms with E-state index in [1.807, 2.05) is 13.8 Å². The van der Waals surface area contributed by atoms with Crippen molar-refractivity contribution in [3.05, 3.63) is 0 Å². The van der Waals surface area contributed by atoms with Crippen molar-refractivity contribution in [3.8, 4) is 0 Å². The maximum Gasteiger partial charge on any atom is 0.222 e. The van der Waals surface area contributed by atoms with E-state index >= 15 is 0 Å². The fourth-order valence-electron chi connectivity index (χ4n) is 2.31. The van der Waals surface area contributed by atoms with Gasteiger partial charge in [0, 0.05) is 12.0 Å². The molecule has 0 spiro atoms. The number of fused-ring (bicyclic) bond motifs is 2. The lowest BCUT2D eigenvalue weighted by Crippen LogP contribution is -2.63. The van der Waals surface area contributed by atoms with Gasteiger partial charge in [0.05, 0.1) is 0 Å². The first kappa shape index (κ1) is 9.00. The third kappa shape index (κ3) is 1.57. The van der Waals surface area contributed by atoms with Gasteiger partial charge < -0.3 is 10.6 Å². The smallest absolute Gasteiger partial charge is 0.222 e. The number of hydrogen-bond donors (Lipinski definition) is 2. The fraction of sp³-hybridized carbons (Fsp3) is 0.900. The van der Waals surface area contributed by atoms with Crippen LogP contribution in [0.15, 0.2) is 0 Å². The van der Waals surface area contributed by atoms with Crippen molar-refractivity contribution in [1.82, 2.24) is 10.6 Å². The summed E-state index contributed by atoms with van der Waals surface area (Å²) in [6.07, 6.45) is 1.30.